The van der Waals surface area contributed by atoms with Crippen molar-refractivity contribution in [3.63, 3.8) is 0 Å². The van der Waals surface area contributed by atoms with Crippen LogP contribution in [-0.4, -0.2) is 103 Å². The molecule has 1 rings (SSSR count). The number of phosphoric acid groups is 1. The van der Waals surface area contributed by atoms with Crippen LogP contribution in [0, 0.1) is 11.8 Å². The zero-order valence-corrected chi connectivity index (χ0v) is 39.2. The summed E-state index contributed by atoms with van der Waals surface area (Å²) in [6, 6.07) is 0. The van der Waals surface area contributed by atoms with E-state index in [0.29, 0.717) is 43.1 Å². The van der Waals surface area contributed by atoms with Crippen LogP contribution in [-0.2, 0) is 37.5 Å². The molecule has 1 aliphatic rings. The largest absolute Gasteiger partial charge is 0.472 e. The molecule has 13 heteroatoms. The normalized spacial score (nSPS) is 19.5. The number of unbranched alkanes of at least 4 members (excludes halogenated alkanes) is 9. The molecule has 1 unspecified atom stereocenters. The molecule has 6 atom stereocenters. The standard InChI is InChI=1S/C48H82NO11P/c1-6-8-10-11-12-13-14-15-16-17-18-19-20-21-22-23-28-32-47(53)57-39-42(40-59-61(55,56)58-37-36-49(3,4)5)60-48(54)33-29-25-24-27-31-43-44(46(52)38-45(43)51)35-34-41(50)30-26-9-7-2/h8,10,12-13,15-16,18-19,34-35,41-45,50-51H,6-7,9,11,14,17,20-33,36-40H2,1-5H3/p+1/b10-8-,13-12-,16-15-,19-18-,35-34+/t41-,42+,43+,44+,45-/m0/s1. The number of carbonyl (C=O) groups is 3. The molecule has 350 valence electrons. The molecule has 1 fully saturated rings. The Morgan fingerprint density at radius 2 is 1.39 bits per heavy atom. The van der Waals surface area contributed by atoms with Crippen LogP contribution >= 0.6 is 7.82 Å². The maximum absolute atomic E-state index is 12.8. The molecule has 0 aliphatic heterocycles. The first-order valence-corrected chi connectivity index (χ1v) is 24.6. The molecule has 0 spiro atoms. The van der Waals surface area contributed by atoms with E-state index in [-0.39, 0.29) is 44.2 Å². The maximum atomic E-state index is 12.8. The Labute approximate surface area is 368 Å². The van der Waals surface area contributed by atoms with Crippen LogP contribution < -0.4 is 0 Å². The van der Waals surface area contributed by atoms with Crippen molar-refractivity contribution in [2.24, 2.45) is 11.8 Å². The third-order valence-electron chi connectivity index (χ3n) is 10.4. The van der Waals surface area contributed by atoms with Crippen molar-refractivity contribution in [2.75, 3.05) is 47.5 Å². The van der Waals surface area contributed by atoms with E-state index in [1.165, 1.54) is 0 Å². The number of esters is 2. The molecular formula is C48H83NO11P+. The minimum absolute atomic E-state index is 0.000995. The molecule has 0 aromatic carbocycles. The number of rotatable bonds is 37. The highest BCUT2D eigenvalue weighted by molar-refractivity contribution is 7.47. The van der Waals surface area contributed by atoms with Crippen LogP contribution in [0.3, 0.4) is 0 Å². The zero-order chi connectivity index (χ0) is 45.2. The van der Waals surface area contributed by atoms with E-state index in [0.717, 1.165) is 83.5 Å². The first-order chi connectivity index (χ1) is 29.2. The van der Waals surface area contributed by atoms with Gasteiger partial charge in [-0.05, 0) is 70.1 Å². The lowest BCUT2D eigenvalue weighted by Gasteiger charge is -2.24. The Kier molecular flexibility index (Phi) is 32.1. The summed E-state index contributed by atoms with van der Waals surface area (Å²) in [6.07, 6.45) is 34.6. The molecule has 0 bridgehead atoms. The molecular weight excluding hydrogens is 797 g/mol. The van der Waals surface area contributed by atoms with Gasteiger partial charge in [-0.25, -0.2) is 4.57 Å². The Bertz CT molecular complexity index is 1390. The summed E-state index contributed by atoms with van der Waals surface area (Å²) < 4.78 is 34.3. The highest BCUT2D eigenvalue weighted by atomic mass is 31.2. The fraction of sp³-hybridized carbons (Fsp3) is 0.729. The van der Waals surface area contributed by atoms with Crippen LogP contribution in [0.1, 0.15) is 149 Å². The number of nitrogens with zero attached hydrogens (tertiary/aromatic N) is 1. The number of ketones is 1. The highest BCUT2D eigenvalue weighted by Gasteiger charge is 2.39. The lowest BCUT2D eigenvalue weighted by molar-refractivity contribution is -0.870. The predicted molar refractivity (Wildman–Crippen MR) is 243 cm³/mol. The summed E-state index contributed by atoms with van der Waals surface area (Å²) in [5, 5.41) is 20.8. The van der Waals surface area contributed by atoms with Crippen LogP contribution in [0.15, 0.2) is 60.8 Å². The van der Waals surface area contributed by atoms with Gasteiger partial charge >= 0.3 is 19.8 Å². The van der Waals surface area contributed by atoms with Gasteiger partial charge in [0.2, 0.25) is 0 Å². The zero-order valence-electron chi connectivity index (χ0n) is 38.3. The van der Waals surface area contributed by atoms with Gasteiger partial charge in [-0.3, -0.25) is 23.4 Å². The Morgan fingerprint density at radius 3 is 2.03 bits per heavy atom. The van der Waals surface area contributed by atoms with Crippen molar-refractivity contribution in [1.29, 1.82) is 0 Å². The number of hydrogen-bond acceptors (Lipinski definition) is 10. The van der Waals surface area contributed by atoms with Gasteiger partial charge in [0.15, 0.2) is 6.10 Å². The summed E-state index contributed by atoms with van der Waals surface area (Å²) in [5.41, 5.74) is 0. The number of allylic oxidation sites excluding steroid dienone is 9. The lowest BCUT2D eigenvalue weighted by atomic mass is 9.88. The number of aliphatic hydroxyl groups excluding tert-OH is 2. The van der Waals surface area contributed by atoms with Gasteiger partial charge in [-0.1, -0.05) is 126 Å². The minimum Gasteiger partial charge on any atom is -0.462 e. The summed E-state index contributed by atoms with van der Waals surface area (Å²) in [5.74, 6) is -1.58. The van der Waals surface area contributed by atoms with Crippen molar-refractivity contribution in [3.05, 3.63) is 60.8 Å². The molecule has 0 amide bonds. The second-order valence-corrected chi connectivity index (χ2v) is 18.6. The fourth-order valence-corrected chi connectivity index (χ4v) is 7.53. The number of hydrogen-bond donors (Lipinski definition) is 3. The average Bonchev–Trinajstić information content (AvgIpc) is 3.47. The van der Waals surface area contributed by atoms with E-state index < -0.39 is 50.6 Å². The monoisotopic (exact) mass is 881 g/mol. The van der Waals surface area contributed by atoms with Gasteiger partial charge in [-0.2, -0.15) is 0 Å². The van der Waals surface area contributed by atoms with Crippen LogP contribution in [0.4, 0.5) is 0 Å². The van der Waals surface area contributed by atoms with Crippen LogP contribution in [0.2, 0.25) is 0 Å². The molecule has 0 heterocycles. The van der Waals surface area contributed by atoms with Crippen molar-refractivity contribution < 1.29 is 57.1 Å². The Balaban J connectivity index is 2.48. The van der Waals surface area contributed by atoms with Crippen molar-refractivity contribution >= 4 is 25.5 Å². The third-order valence-corrected chi connectivity index (χ3v) is 11.4. The van der Waals surface area contributed by atoms with Gasteiger partial charge in [0, 0.05) is 25.2 Å². The van der Waals surface area contributed by atoms with Gasteiger partial charge in [0.05, 0.1) is 40.0 Å². The fourth-order valence-electron chi connectivity index (χ4n) is 6.79. The van der Waals surface area contributed by atoms with Gasteiger partial charge in [0.1, 0.15) is 25.5 Å². The molecule has 0 aromatic rings. The van der Waals surface area contributed by atoms with E-state index >= 15 is 0 Å². The second-order valence-electron chi connectivity index (χ2n) is 17.2. The number of quaternary nitrogens is 1. The molecule has 3 N–H and O–H groups in total. The van der Waals surface area contributed by atoms with Crippen molar-refractivity contribution in [3.8, 4) is 0 Å². The third kappa shape index (κ3) is 31.7. The molecule has 0 aromatic heterocycles. The number of phosphoric ester groups is 1. The van der Waals surface area contributed by atoms with E-state index in [4.69, 9.17) is 18.5 Å². The topological polar surface area (TPSA) is 166 Å². The van der Waals surface area contributed by atoms with Gasteiger partial charge in [0.25, 0.3) is 0 Å². The number of likely N-dealkylation sites (N-methyl/N-ethyl adjacent to an activating group) is 1. The summed E-state index contributed by atoms with van der Waals surface area (Å²) >= 11 is 0. The van der Waals surface area contributed by atoms with E-state index in [2.05, 4.69) is 62.5 Å². The Morgan fingerprint density at radius 1 is 0.787 bits per heavy atom. The summed E-state index contributed by atoms with van der Waals surface area (Å²) in [6.45, 7) is 3.89. The van der Waals surface area contributed by atoms with E-state index in [9.17, 15) is 34.1 Å². The van der Waals surface area contributed by atoms with Crippen molar-refractivity contribution in [1.82, 2.24) is 0 Å². The molecule has 12 nitrogen and oxygen atoms in total. The molecule has 1 saturated carbocycles. The van der Waals surface area contributed by atoms with Crippen LogP contribution in [0.5, 0.6) is 0 Å². The smallest absolute Gasteiger partial charge is 0.462 e. The molecule has 0 saturated heterocycles. The number of aliphatic hydroxyl groups is 2. The Hall–Kier alpha value is -2.70. The highest BCUT2D eigenvalue weighted by Crippen LogP contribution is 2.43. The molecule has 61 heavy (non-hydrogen) atoms. The number of Topliss-reactive ketones (excluding diaryl/α,β-unsaturated/α-hetero) is 1. The van der Waals surface area contributed by atoms with Crippen molar-refractivity contribution in [2.45, 2.75) is 167 Å². The van der Waals surface area contributed by atoms with Gasteiger partial charge in [-0.15, -0.1) is 0 Å². The van der Waals surface area contributed by atoms with Crippen LogP contribution in [0.25, 0.3) is 0 Å². The van der Waals surface area contributed by atoms with E-state index in [1.54, 1.807) is 12.2 Å². The SMILES string of the molecule is CC/C=C\C/C=C\C/C=C\C/C=C\CCCCCCC(=O)OC[C@H](COP(=O)(O)OCC[N+](C)(C)C)OC(=O)CCCCCC[C@H]1[C@@H](O)CC(=O)[C@@H]1/C=C/[C@@H](O)CCCCC. The molecule has 0 radical (unpaired) electrons. The van der Waals surface area contributed by atoms with Gasteiger partial charge < -0.3 is 29.1 Å². The summed E-state index contributed by atoms with van der Waals surface area (Å²) in [7, 11) is 1.31. The average molecular weight is 881 g/mol. The second kappa shape index (κ2) is 34.7. The minimum atomic E-state index is -4.45. The predicted octanol–water partition coefficient (Wildman–Crippen LogP) is 9.83. The van der Waals surface area contributed by atoms with E-state index in [1.807, 2.05) is 21.1 Å². The first kappa shape index (κ1) is 56.3. The molecule has 1 aliphatic carbocycles. The lowest BCUT2D eigenvalue weighted by Crippen LogP contribution is -2.37. The summed E-state index contributed by atoms with van der Waals surface area (Å²) in [4.78, 5) is 48.2. The quantitative estimate of drug-likeness (QED) is 0.0179. The number of carbonyl (C=O) groups excluding carboxylic acids is 3. The first-order valence-electron chi connectivity index (χ1n) is 23.1. The maximum Gasteiger partial charge on any atom is 0.472 e. The number of ether oxygens (including phenoxy) is 2.